The second-order valence-corrected chi connectivity index (χ2v) is 5.27. The second kappa shape index (κ2) is 6.46. The van der Waals surface area contributed by atoms with Crippen LogP contribution in [0.3, 0.4) is 0 Å². The Morgan fingerprint density at radius 3 is 3.09 bits per heavy atom. The summed E-state index contributed by atoms with van der Waals surface area (Å²) in [6.07, 6.45) is 10.2. The molecule has 116 valence electrons. The van der Waals surface area contributed by atoms with Crippen LogP contribution in [0.25, 0.3) is 0 Å². The maximum absolute atomic E-state index is 12.2. The number of ether oxygens (including phenoxy) is 1. The summed E-state index contributed by atoms with van der Waals surface area (Å²) in [4.78, 5) is 20.4. The molecule has 0 aliphatic heterocycles. The average molecular weight is 301 g/mol. The molecule has 0 aromatic carbocycles. The van der Waals surface area contributed by atoms with Crippen molar-refractivity contribution >= 4 is 11.7 Å². The molecule has 2 N–H and O–H groups in total. The fraction of sp³-hybridized carbons (Fsp3) is 0.400. The number of amides is 2. The first-order valence-electron chi connectivity index (χ1n) is 7.32. The molecule has 2 heterocycles. The van der Waals surface area contributed by atoms with Crippen LogP contribution in [0, 0.1) is 0 Å². The zero-order valence-electron chi connectivity index (χ0n) is 12.4. The third-order valence-electron chi connectivity index (χ3n) is 3.92. The third-order valence-corrected chi connectivity index (χ3v) is 3.92. The number of hydrogen-bond acceptors (Lipinski definition) is 4. The summed E-state index contributed by atoms with van der Waals surface area (Å²) in [6, 6.07) is 3.61. The maximum Gasteiger partial charge on any atom is 0.319 e. The molecule has 0 radical (unpaired) electrons. The van der Waals surface area contributed by atoms with Crippen molar-refractivity contribution in [2.24, 2.45) is 0 Å². The van der Waals surface area contributed by atoms with Gasteiger partial charge in [-0.1, -0.05) is 0 Å². The number of rotatable bonds is 4. The zero-order chi connectivity index (χ0) is 15.4. The van der Waals surface area contributed by atoms with E-state index >= 15 is 0 Å². The van der Waals surface area contributed by atoms with Gasteiger partial charge in [0.05, 0.1) is 25.5 Å². The van der Waals surface area contributed by atoms with Crippen molar-refractivity contribution in [1.82, 2.24) is 19.9 Å². The molecule has 1 aliphatic carbocycles. The van der Waals surface area contributed by atoms with E-state index in [0.29, 0.717) is 11.6 Å². The topological polar surface area (TPSA) is 81.1 Å². The van der Waals surface area contributed by atoms with Crippen LogP contribution in [0.5, 0.6) is 5.88 Å². The van der Waals surface area contributed by atoms with Crippen LogP contribution in [-0.2, 0) is 0 Å². The summed E-state index contributed by atoms with van der Waals surface area (Å²) in [6.45, 7) is 0. The Balaban J connectivity index is 1.64. The predicted molar refractivity (Wildman–Crippen MR) is 81.8 cm³/mol. The summed E-state index contributed by atoms with van der Waals surface area (Å²) in [7, 11) is 1.53. The number of carbonyl (C=O) groups is 1. The van der Waals surface area contributed by atoms with Gasteiger partial charge in [-0.25, -0.2) is 14.8 Å². The summed E-state index contributed by atoms with van der Waals surface area (Å²) in [5.41, 5.74) is 0.555. The highest BCUT2D eigenvalue weighted by atomic mass is 16.5. The van der Waals surface area contributed by atoms with E-state index in [0.717, 1.165) is 19.3 Å². The van der Waals surface area contributed by atoms with E-state index in [1.807, 2.05) is 6.20 Å². The molecule has 7 nitrogen and oxygen atoms in total. The standard InChI is InChI=1S/C15H19N5O2/c1-22-14-12(5-3-7-17-14)19-15(21)18-11-4-2-6-13(11)20-9-8-16-10-20/h3,5,7-11,13H,2,4,6H2,1H3,(H2,18,19,21)/t11-,13+/m0/s1. The fourth-order valence-corrected chi connectivity index (χ4v) is 2.91. The Hall–Kier alpha value is -2.57. The van der Waals surface area contributed by atoms with Gasteiger partial charge >= 0.3 is 6.03 Å². The number of carbonyl (C=O) groups excluding carboxylic acids is 1. The van der Waals surface area contributed by atoms with Gasteiger partial charge in [0.1, 0.15) is 5.69 Å². The first-order valence-corrected chi connectivity index (χ1v) is 7.32. The normalized spacial score (nSPS) is 20.6. The Labute approximate surface area is 128 Å². The summed E-state index contributed by atoms with van der Waals surface area (Å²) in [5, 5.41) is 5.83. The largest absolute Gasteiger partial charge is 0.480 e. The number of anilines is 1. The van der Waals surface area contributed by atoms with Gasteiger partial charge in [-0.05, 0) is 31.4 Å². The second-order valence-electron chi connectivity index (χ2n) is 5.27. The van der Waals surface area contributed by atoms with Gasteiger partial charge in [-0.15, -0.1) is 0 Å². The van der Waals surface area contributed by atoms with Crippen LogP contribution in [0.15, 0.2) is 37.1 Å². The number of aromatic nitrogens is 3. The van der Waals surface area contributed by atoms with E-state index in [-0.39, 0.29) is 18.1 Å². The SMILES string of the molecule is COc1ncccc1NC(=O)N[C@H]1CCC[C@H]1n1ccnc1. The third kappa shape index (κ3) is 3.03. The van der Waals surface area contributed by atoms with E-state index in [2.05, 4.69) is 25.2 Å². The molecule has 3 rings (SSSR count). The molecule has 0 bridgehead atoms. The molecule has 2 atom stereocenters. The van der Waals surface area contributed by atoms with Crippen LogP contribution < -0.4 is 15.4 Å². The van der Waals surface area contributed by atoms with Gasteiger partial charge in [-0.2, -0.15) is 0 Å². The minimum absolute atomic E-state index is 0.0943. The first kappa shape index (κ1) is 14.4. The first-order chi connectivity index (χ1) is 10.8. The number of urea groups is 1. The van der Waals surface area contributed by atoms with E-state index in [1.165, 1.54) is 7.11 Å². The van der Waals surface area contributed by atoms with Crippen molar-refractivity contribution in [2.75, 3.05) is 12.4 Å². The number of nitrogens with zero attached hydrogens (tertiary/aromatic N) is 3. The van der Waals surface area contributed by atoms with Crippen molar-refractivity contribution in [3.8, 4) is 5.88 Å². The Morgan fingerprint density at radius 1 is 1.41 bits per heavy atom. The van der Waals surface area contributed by atoms with Crippen LogP contribution >= 0.6 is 0 Å². The van der Waals surface area contributed by atoms with Crippen LogP contribution in [0.4, 0.5) is 10.5 Å². The summed E-state index contributed by atoms with van der Waals surface area (Å²) >= 11 is 0. The molecule has 1 saturated carbocycles. The number of hydrogen-bond donors (Lipinski definition) is 2. The zero-order valence-corrected chi connectivity index (χ0v) is 12.4. The van der Waals surface area contributed by atoms with Gasteiger partial charge in [-0.3, -0.25) is 0 Å². The monoisotopic (exact) mass is 301 g/mol. The number of imidazole rings is 1. The highest BCUT2D eigenvalue weighted by Crippen LogP contribution is 2.30. The number of pyridine rings is 1. The molecular formula is C15H19N5O2. The molecule has 0 unspecified atom stereocenters. The van der Waals surface area contributed by atoms with E-state index < -0.39 is 0 Å². The van der Waals surface area contributed by atoms with Crippen molar-refractivity contribution in [3.63, 3.8) is 0 Å². The van der Waals surface area contributed by atoms with Crippen molar-refractivity contribution in [1.29, 1.82) is 0 Å². The fourth-order valence-electron chi connectivity index (χ4n) is 2.91. The van der Waals surface area contributed by atoms with Gasteiger partial charge in [0, 0.05) is 18.6 Å². The molecule has 1 fully saturated rings. The van der Waals surface area contributed by atoms with E-state index in [4.69, 9.17) is 4.74 Å². The van der Waals surface area contributed by atoms with Gasteiger partial charge in [0.15, 0.2) is 0 Å². The lowest BCUT2D eigenvalue weighted by atomic mass is 10.2. The number of methoxy groups -OCH3 is 1. The maximum atomic E-state index is 12.2. The van der Waals surface area contributed by atoms with Crippen molar-refractivity contribution in [3.05, 3.63) is 37.1 Å². The molecule has 2 amide bonds. The molecule has 1 aliphatic rings. The van der Waals surface area contributed by atoms with Crippen LogP contribution in [-0.4, -0.2) is 33.7 Å². The lowest BCUT2D eigenvalue weighted by Gasteiger charge is -2.22. The molecule has 0 saturated heterocycles. The Kier molecular flexibility index (Phi) is 4.22. The van der Waals surface area contributed by atoms with E-state index in [9.17, 15) is 4.79 Å². The highest BCUT2D eigenvalue weighted by molar-refractivity contribution is 5.90. The molecule has 7 heteroatoms. The molecular weight excluding hydrogens is 282 g/mol. The van der Waals surface area contributed by atoms with Crippen molar-refractivity contribution in [2.45, 2.75) is 31.3 Å². The van der Waals surface area contributed by atoms with Crippen molar-refractivity contribution < 1.29 is 9.53 Å². The minimum atomic E-state index is -0.247. The molecule has 2 aromatic heterocycles. The smallest absolute Gasteiger partial charge is 0.319 e. The lowest BCUT2D eigenvalue weighted by molar-refractivity contribution is 0.245. The van der Waals surface area contributed by atoms with Crippen LogP contribution in [0.2, 0.25) is 0 Å². The number of nitrogens with one attached hydrogen (secondary N) is 2. The minimum Gasteiger partial charge on any atom is -0.480 e. The highest BCUT2D eigenvalue weighted by Gasteiger charge is 2.29. The van der Waals surface area contributed by atoms with E-state index in [1.54, 1.807) is 30.9 Å². The van der Waals surface area contributed by atoms with Gasteiger partial charge in [0.25, 0.3) is 0 Å². The average Bonchev–Trinajstić information content (AvgIpc) is 3.18. The van der Waals surface area contributed by atoms with Gasteiger partial charge < -0.3 is 19.9 Å². The lowest BCUT2D eigenvalue weighted by Crippen LogP contribution is -2.40. The van der Waals surface area contributed by atoms with Crippen LogP contribution in [0.1, 0.15) is 25.3 Å². The Bertz CT molecular complexity index is 629. The predicted octanol–water partition coefficient (Wildman–Crippen LogP) is 2.20. The molecule has 22 heavy (non-hydrogen) atoms. The molecule has 0 spiro atoms. The van der Waals surface area contributed by atoms with Gasteiger partial charge in [0.2, 0.25) is 5.88 Å². The Morgan fingerprint density at radius 2 is 2.32 bits per heavy atom. The summed E-state index contributed by atoms with van der Waals surface area (Å²) < 4.78 is 7.19. The quantitative estimate of drug-likeness (QED) is 0.907. The summed E-state index contributed by atoms with van der Waals surface area (Å²) in [5.74, 6) is 0.398. The molecule has 2 aromatic rings.